The van der Waals surface area contributed by atoms with Crippen molar-refractivity contribution >= 4 is 29.2 Å². The highest BCUT2D eigenvalue weighted by molar-refractivity contribution is 6.42. The van der Waals surface area contributed by atoms with Gasteiger partial charge in [-0.2, -0.15) is 0 Å². The van der Waals surface area contributed by atoms with E-state index in [4.69, 9.17) is 32.7 Å². The number of halogens is 2. The first kappa shape index (κ1) is 17.0. The molecule has 0 spiro atoms. The molecular weight excluding hydrogens is 371 g/mol. The molecule has 0 aromatic heterocycles. The van der Waals surface area contributed by atoms with Gasteiger partial charge in [-0.05, 0) is 29.8 Å². The monoisotopic (exact) mass is 384 g/mol. The van der Waals surface area contributed by atoms with Crippen LogP contribution in [0.3, 0.4) is 0 Å². The molecule has 0 unspecified atom stereocenters. The van der Waals surface area contributed by atoms with Gasteiger partial charge in [0.1, 0.15) is 24.0 Å². The maximum atomic E-state index is 12.9. The van der Waals surface area contributed by atoms with Crippen LogP contribution in [0.25, 0.3) is 0 Å². The number of ether oxygens (including phenoxy) is 2. The SMILES string of the molecule is O=C(OCc1ccc(Cl)c(Cl)c1)C1c2ccccc2Oc2ccccc21. The van der Waals surface area contributed by atoms with Gasteiger partial charge in [0.05, 0.1) is 10.0 Å². The summed E-state index contributed by atoms with van der Waals surface area (Å²) in [6, 6.07) is 20.2. The second-order valence-corrected chi connectivity index (χ2v) is 6.78. The van der Waals surface area contributed by atoms with Crippen molar-refractivity contribution in [2.75, 3.05) is 0 Å². The molecule has 3 aromatic rings. The number of hydrogen-bond acceptors (Lipinski definition) is 3. The summed E-state index contributed by atoms with van der Waals surface area (Å²) in [6.45, 7) is 0.122. The zero-order chi connectivity index (χ0) is 18.1. The van der Waals surface area contributed by atoms with Crippen molar-refractivity contribution in [2.24, 2.45) is 0 Å². The lowest BCUT2D eigenvalue weighted by molar-refractivity contribution is -0.145. The number of carbonyl (C=O) groups is 1. The van der Waals surface area contributed by atoms with E-state index >= 15 is 0 Å². The number of benzene rings is 3. The Bertz CT molecular complexity index is 939. The quantitative estimate of drug-likeness (QED) is 0.521. The topological polar surface area (TPSA) is 35.5 Å². The number of rotatable bonds is 3. The highest BCUT2D eigenvalue weighted by Crippen LogP contribution is 2.44. The Kier molecular flexibility index (Phi) is 4.58. The third kappa shape index (κ3) is 3.16. The number of fused-ring (bicyclic) bond motifs is 2. The van der Waals surface area contributed by atoms with E-state index in [9.17, 15) is 4.79 Å². The number of hydrogen-bond donors (Lipinski definition) is 0. The van der Waals surface area contributed by atoms with E-state index in [-0.39, 0.29) is 12.6 Å². The van der Waals surface area contributed by atoms with E-state index in [1.807, 2.05) is 48.5 Å². The average Bonchev–Trinajstić information content (AvgIpc) is 2.66. The van der Waals surface area contributed by atoms with Crippen LogP contribution in [0.15, 0.2) is 66.7 Å². The van der Waals surface area contributed by atoms with Gasteiger partial charge in [0.15, 0.2) is 0 Å². The van der Waals surface area contributed by atoms with Gasteiger partial charge in [-0.25, -0.2) is 0 Å². The summed E-state index contributed by atoms with van der Waals surface area (Å²) in [6.07, 6.45) is 0. The lowest BCUT2D eigenvalue weighted by atomic mass is 9.88. The largest absolute Gasteiger partial charge is 0.460 e. The average molecular weight is 385 g/mol. The van der Waals surface area contributed by atoms with Crippen molar-refractivity contribution in [3.05, 3.63) is 93.5 Å². The van der Waals surface area contributed by atoms with Crippen LogP contribution in [0.4, 0.5) is 0 Å². The molecule has 1 heterocycles. The predicted molar refractivity (Wildman–Crippen MR) is 101 cm³/mol. The summed E-state index contributed by atoms with van der Waals surface area (Å²) >= 11 is 11.9. The van der Waals surface area contributed by atoms with Crippen molar-refractivity contribution in [1.29, 1.82) is 0 Å². The molecule has 0 aliphatic carbocycles. The summed E-state index contributed by atoms with van der Waals surface area (Å²) < 4.78 is 11.5. The Labute approximate surface area is 161 Å². The summed E-state index contributed by atoms with van der Waals surface area (Å²) in [5.74, 6) is 0.476. The molecule has 0 amide bonds. The number of para-hydroxylation sites is 2. The van der Waals surface area contributed by atoms with Crippen LogP contribution < -0.4 is 4.74 Å². The number of carbonyl (C=O) groups excluding carboxylic acids is 1. The van der Waals surface area contributed by atoms with Gasteiger partial charge in [0.2, 0.25) is 0 Å². The molecule has 1 aliphatic rings. The van der Waals surface area contributed by atoms with Crippen LogP contribution in [0.1, 0.15) is 22.6 Å². The number of esters is 1. The van der Waals surface area contributed by atoms with Crippen molar-refractivity contribution in [2.45, 2.75) is 12.5 Å². The first-order valence-electron chi connectivity index (χ1n) is 8.10. The Morgan fingerprint density at radius 3 is 2.12 bits per heavy atom. The van der Waals surface area contributed by atoms with Crippen molar-refractivity contribution in [3.8, 4) is 11.5 Å². The minimum Gasteiger partial charge on any atom is -0.460 e. The fourth-order valence-electron chi connectivity index (χ4n) is 3.03. The third-order valence-electron chi connectivity index (χ3n) is 4.28. The van der Waals surface area contributed by atoms with E-state index in [1.165, 1.54) is 0 Å². The Hall–Kier alpha value is -2.49. The van der Waals surface area contributed by atoms with Gasteiger partial charge in [0, 0.05) is 11.1 Å². The van der Waals surface area contributed by atoms with Crippen LogP contribution in [-0.2, 0) is 16.1 Å². The van der Waals surface area contributed by atoms with Crippen LogP contribution in [0.2, 0.25) is 10.0 Å². The maximum absolute atomic E-state index is 12.9. The van der Waals surface area contributed by atoms with E-state index in [2.05, 4.69) is 0 Å². The highest BCUT2D eigenvalue weighted by Gasteiger charge is 2.33. The van der Waals surface area contributed by atoms with Crippen molar-refractivity contribution in [3.63, 3.8) is 0 Å². The molecule has 3 aromatic carbocycles. The van der Waals surface area contributed by atoms with E-state index in [0.29, 0.717) is 21.5 Å². The van der Waals surface area contributed by atoms with Crippen molar-refractivity contribution < 1.29 is 14.3 Å². The molecular formula is C21H14Cl2O3. The van der Waals surface area contributed by atoms with Crippen LogP contribution in [0, 0.1) is 0 Å². The molecule has 0 radical (unpaired) electrons. The van der Waals surface area contributed by atoms with Crippen LogP contribution >= 0.6 is 23.2 Å². The lowest BCUT2D eigenvalue weighted by Gasteiger charge is -2.26. The summed E-state index contributed by atoms with van der Waals surface area (Å²) in [4.78, 5) is 12.9. The molecule has 4 rings (SSSR count). The van der Waals surface area contributed by atoms with Gasteiger partial charge in [0.25, 0.3) is 0 Å². The van der Waals surface area contributed by atoms with Crippen LogP contribution in [0.5, 0.6) is 11.5 Å². The van der Waals surface area contributed by atoms with Crippen molar-refractivity contribution in [1.82, 2.24) is 0 Å². The molecule has 0 bridgehead atoms. The standard InChI is InChI=1S/C21H14Cl2O3/c22-16-10-9-13(11-17(16)23)12-25-21(24)20-14-5-1-3-7-18(14)26-19-8-4-2-6-15(19)20/h1-11,20H,12H2. The summed E-state index contributed by atoms with van der Waals surface area (Å²) in [5.41, 5.74) is 2.37. The second-order valence-electron chi connectivity index (χ2n) is 5.97. The Balaban J connectivity index is 1.62. The molecule has 0 atom stereocenters. The van der Waals surface area contributed by atoms with E-state index in [0.717, 1.165) is 16.7 Å². The molecule has 0 N–H and O–H groups in total. The van der Waals surface area contributed by atoms with E-state index < -0.39 is 5.92 Å². The molecule has 0 saturated heterocycles. The maximum Gasteiger partial charge on any atom is 0.318 e. The molecule has 0 fully saturated rings. The lowest BCUT2D eigenvalue weighted by Crippen LogP contribution is -2.21. The smallest absolute Gasteiger partial charge is 0.318 e. The highest BCUT2D eigenvalue weighted by atomic mass is 35.5. The molecule has 3 nitrogen and oxygen atoms in total. The Morgan fingerprint density at radius 1 is 0.885 bits per heavy atom. The normalized spacial score (nSPS) is 12.7. The van der Waals surface area contributed by atoms with E-state index in [1.54, 1.807) is 18.2 Å². The molecule has 1 aliphatic heterocycles. The first-order valence-corrected chi connectivity index (χ1v) is 8.85. The third-order valence-corrected chi connectivity index (χ3v) is 5.02. The summed E-state index contributed by atoms with van der Waals surface area (Å²) in [7, 11) is 0. The second kappa shape index (κ2) is 7.02. The zero-order valence-electron chi connectivity index (χ0n) is 13.6. The minimum atomic E-state index is -0.529. The Morgan fingerprint density at radius 2 is 1.50 bits per heavy atom. The zero-order valence-corrected chi connectivity index (χ0v) is 15.1. The van der Waals surface area contributed by atoms with Gasteiger partial charge < -0.3 is 9.47 Å². The van der Waals surface area contributed by atoms with Gasteiger partial charge in [-0.3, -0.25) is 4.79 Å². The molecule has 0 saturated carbocycles. The van der Waals surface area contributed by atoms with Crippen LogP contribution in [-0.4, -0.2) is 5.97 Å². The summed E-state index contributed by atoms with van der Waals surface area (Å²) in [5, 5.41) is 0.899. The minimum absolute atomic E-state index is 0.122. The molecule has 26 heavy (non-hydrogen) atoms. The molecule has 5 heteroatoms. The fourth-order valence-corrected chi connectivity index (χ4v) is 3.35. The van der Waals surface area contributed by atoms with Gasteiger partial charge in [-0.1, -0.05) is 65.7 Å². The van der Waals surface area contributed by atoms with Gasteiger partial charge >= 0.3 is 5.97 Å². The predicted octanol–water partition coefficient (Wildman–Crippen LogP) is 5.97. The van der Waals surface area contributed by atoms with Gasteiger partial charge in [-0.15, -0.1) is 0 Å². The molecule has 130 valence electrons. The fraction of sp³-hybridized carbons (Fsp3) is 0.0952. The first-order chi connectivity index (χ1) is 12.6.